The highest BCUT2D eigenvalue weighted by Crippen LogP contribution is 2.28. The Labute approximate surface area is 121 Å². The molecule has 0 bridgehead atoms. The van der Waals surface area contributed by atoms with Crippen LogP contribution < -0.4 is 11.1 Å². The van der Waals surface area contributed by atoms with E-state index in [4.69, 9.17) is 5.73 Å². The van der Waals surface area contributed by atoms with Gasteiger partial charge in [-0.25, -0.2) is 0 Å². The summed E-state index contributed by atoms with van der Waals surface area (Å²) < 4.78 is 0. The van der Waals surface area contributed by atoms with E-state index in [0.29, 0.717) is 18.4 Å². The lowest BCUT2D eigenvalue weighted by atomic mass is 9.80. The van der Waals surface area contributed by atoms with E-state index in [9.17, 15) is 4.79 Å². The number of rotatable bonds is 4. The third kappa shape index (κ3) is 4.07. The maximum Gasteiger partial charge on any atom is 0.237 e. The lowest BCUT2D eigenvalue weighted by Crippen LogP contribution is -2.49. The molecular formula is C17H26N2O. The van der Waals surface area contributed by atoms with Crippen molar-refractivity contribution in [2.24, 2.45) is 17.6 Å². The Balaban J connectivity index is 1.85. The van der Waals surface area contributed by atoms with Crippen molar-refractivity contribution in [3.63, 3.8) is 0 Å². The number of nitrogens with two attached hydrogens (primary N) is 1. The highest BCUT2D eigenvalue weighted by molar-refractivity contribution is 5.82. The van der Waals surface area contributed by atoms with Crippen LogP contribution in [-0.2, 0) is 11.2 Å². The van der Waals surface area contributed by atoms with Crippen molar-refractivity contribution in [1.82, 2.24) is 5.32 Å². The van der Waals surface area contributed by atoms with Crippen LogP contribution in [0.1, 0.15) is 38.7 Å². The minimum absolute atomic E-state index is 0.0137. The van der Waals surface area contributed by atoms with Crippen LogP contribution in [0.15, 0.2) is 30.3 Å². The molecular weight excluding hydrogens is 248 g/mol. The van der Waals surface area contributed by atoms with E-state index in [2.05, 4.69) is 19.2 Å². The molecule has 20 heavy (non-hydrogen) atoms. The molecule has 0 aliphatic heterocycles. The fourth-order valence-corrected chi connectivity index (χ4v) is 3.13. The number of benzene rings is 1. The van der Waals surface area contributed by atoms with Crippen molar-refractivity contribution in [3.8, 4) is 0 Å². The van der Waals surface area contributed by atoms with Crippen LogP contribution in [0.3, 0.4) is 0 Å². The summed E-state index contributed by atoms with van der Waals surface area (Å²) in [6.07, 6.45) is 4.07. The number of nitrogens with one attached hydrogen (secondary N) is 1. The van der Waals surface area contributed by atoms with Crippen LogP contribution in [0.25, 0.3) is 0 Å². The highest BCUT2D eigenvalue weighted by Gasteiger charge is 2.27. The van der Waals surface area contributed by atoms with Crippen LogP contribution in [0, 0.1) is 11.8 Å². The van der Waals surface area contributed by atoms with Crippen molar-refractivity contribution in [2.75, 3.05) is 0 Å². The SMILES string of the molecule is CC1CCC(NC(=O)C(N)Cc2ccccc2)C(C)C1. The van der Waals surface area contributed by atoms with Gasteiger partial charge in [0.05, 0.1) is 6.04 Å². The van der Waals surface area contributed by atoms with E-state index in [1.165, 1.54) is 12.8 Å². The maximum absolute atomic E-state index is 12.2. The summed E-state index contributed by atoms with van der Waals surface area (Å²) in [5, 5.41) is 3.15. The Morgan fingerprint density at radius 3 is 2.65 bits per heavy atom. The van der Waals surface area contributed by atoms with Gasteiger partial charge >= 0.3 is 0 Å². The van der Waals surface area contributed by atoms with Crippen molar-refractivity contribution in [2.45, 2.75) is 51.6 Å². The zero-order chi connectivity index (χ0) is 14.5. The van der Waals surface area contributed by atoms with E-state index in [0.717, 1.165) is 17.9 Å². The molecule has 1 amide bonds. The summed E-state index contributed by atoms with van der Waals surface area (Å²) in [6.45, 7) is 4.51. The molecule has 3 N–H and O–H groups in total. The van der Waals surface area contributed by atoms with Gasteiger partial charge in [-0.05, 0) is 43.1 Å². The minimum Gasteiger partial charge on any atom is -0.352 e. The predicted octanol–water partition coefficient (Wildman–Crippen LogP) is 2.50. The molecule has 1 aliphatic carbocycles. The first-order valence-electron chi connectivity index (χ1n) is 7.66. The van der Waals surface area contributed by atoms with Gasteiger partial charge in [0.15, 0.2) is 0 Å². The largest absolute Gasteiger partial charge is 0.352 e. The third-order valence-corrected chi connectivity index (χ3v) is 4.39. The maximum atomic E-state index is 12.2. The number of hydrogen-bond acceptors (Lipinski definition) is 2. The summed E-state index contributed by atoms with van der Waals surface area (Å²) in [7, 11) is 0. The molecule has 2 rings (SSSR count). The van der Waals surface area contributed by atoms with E-state index in [1.54, 1.807) is 0 Å². The van der Waals surface area contributed by atoms with Gasteiger partial charge in [0.1, 0.15) is 0 Å². The smallest absolute Gasteiger partial charge is 0.237 e. The van der Waals surface area contributed by atoms with Gasteiger partial charge in [-0.1, -0.05) is 44.2 Å². The summed E-state index contributed by atoms with van der Waals surface area (Å²) in [5.74, 6) is 1.31. The standard InChI is InChI=1S/C17H26N2O/c1-12-8-9-16(13(2)10-12)19-17(20)15(18)11-14-6-4-3-5-7-14/h3-7,12-13,15-16H,8-11,18H2,1-2H3,(H,19,20). The molecule has 0 spiro atoms. The molecule has 1 aliphatic rings. The number of carbonyl (C=O) groups excluding carboxylic acids is 1. The number of carbonyl (C=O) groups is 1. The van der Waals surface area contributed by atoms with E-state index < -0.39 is 6.04 Å². The van der Waals surface area contributed by atoms with Gasteiger partial charge in [-0.3, -0.25) is 4.79 Å². The second kappa shape index (κ2) is 6.89. The van der Waals surface area contributed by atoms with Crippen LogP contribution in [0.2, 0.25) is 0 Å². The van der Waals surface area contributed by atoms with Crippen LogP contribution in [-0.4, -0.2) is 18.0 Å². The van der Waals surface area contributed by atoms with Crippen LogP contribution in [0.5, 0.6) is 0 Å². The minimum atomic E-state index is -0.455. The van der Waals surface area contributed by atoms with Gasteiger partial charge in [-0.2, -0.15) is 0 Å². The number of amides is 1. The first kappa shape index (κ1) is 15.0. The fourth-order valence-electron chi connectivity index (χ4n) is 3.13. The van der Waals surface area contributed by atoms with Crippen molar-refractivity contribution in [1.29, 1.82) is 0 Å². The average Bonchev–Trinajstić information content (AvgIpc) is 2.43. The monoisotopic (exact) mass is 274 g/mol. The van der Waals surface area contributed by atoms with Gasteiger partial charge in [0.25, 0.3) is 0 Å². The van der Waals surface area contributed by atoms with Crippen LogP contribution in [0.4, 0.5) is 0 Å². The molecule has 1 aromatic rings. The molecule has 0 aromatic heterocycles. The summed E-state index contributed by atoms with van der Waals surface area (Å²) in [6, 6.07) is 9.79. The zero-order valence-electron chi connectivity index (χ0n) is 12.5. The normalized spacial score (nSPS) is 27.9. The molecule has 3 nitrogen and oxygen atoms in total. The average molecular weight is 274 g/mol. The molecule has 0 saturated heterocycles. The molecule has 3 heteroatoms. The summed E-state index contributed by atoms with van der Waals surface area (Å²) in [5.41, 5.74) is 7.14. The molecule has 1 aromatic carbocycles. The predicted molar refractivity (Wildman–Crippen MR) is 82.2 cm³/mol. The number of hydrogen-bond donors (Lipinski definition) is 2. The molecule has 110 valence electrons. The molecule has 0 radical (unpaired) electrons. The third-order valence-electron chi connectivity index (χ3n) is 4.39. The highest BCUT2D eigenvalue weighted by atomic mass is 16.2. The molecule has 1 fully saturated rings. The molecule has 4 unspecified atom stereocenters. The van der Waals surface area contributed by atoms with Crippen molar-refractivity contribution in [3.05, 3.63) is 35.9 Å². The Morgan fingerprint density at radius 1 is 1.30 bits per heavy atom. The van der Waals surface area contributed by atoms with E-state index >= 15 is 0 Å². The molecule has 1 saturated carbocycles. The quantitative estimate of drug-likeness (QED) is 0.886. The summed E-state index contributed by atoms with van der Waals surface area (Å²) >= 11 is 0. The first-order valence-corrected chi connectivity index (χ1v) is 7.66. The van der Waals surface area contributed by atoms with Gasteiger partial charge < -0.3 is 11.1 Å². The van der Waals surface area contributed by atoms with E-state index in [-0.39, 0.29) is 5.91 Å². The lowest BCUT2D eigenvalue weighted by Gasteiger charge is -2.33. The summed E-state index contributed by atoms with van der Waals surface area (Å²) in [4.78, 5) is 12.2. The second-order valence-corrected chi connectivity index (χ2v) is 6.31. The fraction of sp³-hybridized carbons (Fsp3) is 0.588. The molecule has 4 atom stereocenters. The Morgan fingerprint density at radius 2 is 2.00 bits per heavy atom. The Bertz CT molecular complexity index is 432. The zero-order valence-corrected chi connectivity index (χ0v) is 12.5. The lowest BCUT2D eigenvalue weighted by molar-refractivity contribution is -0.123. The first-order chi connectivity index (χ1) is 9.56. The second-order valence-electron chi connectivity index (χ2n) is 6.31. The van der Waals surface area contributed by atoms with Crippen molar-refractivity contribution < 1.29 is 4.79 Å². The van der Waals surface area contributed by atoms with Crippen LogP contribution >= 0.6 is 0 Å². The van der Waals surface area contributed by atoms with Gasteiger partial charge in [0, 0.05) is 6.04 Å². The van der Waals surface area contributed by atoms with E-state index in [1.807, 2.05) is 30.3 Å². The topological polar surface area (TPSA) is 55.1 Å². The molecule has 0 heterocycles. The Hall–Kier alpha value is -1.35. The van der Waals surface area contributed by atoms with Crippen molar-refractivity contribution >= 4 is 5.91 Å². The van der Waals surface area contributed by atoms with Gasteiger partial charge in [0.2, 0.25) is 5.91 Å². The Kier molecular flexibility index (Phi) is 5.18. The van der Waals surface area contributed by atoms with Gasteiger partial charge in [-0.15, -0.1) is 0 Å².